The summed E-state index contributed by atoms with van der Waals surface area (Å²) in [6, 6.07) is 10.1. The number of rotatable bonds is 16. The Balaban J connectivity index is 2.78. The summed E-state index contributed by atoms with van der Waals surface area (Å²) in [6.45, 7) is 9.03. The van der Waals surface area contributed by atoms with E-state index in [0.717, 1.165) is 31.5 Å². The van der Waals surface area contributed by atoms with Gasteiger partial charge in [-0.05, 0) is 43.0 Å². The topological polar surface area (TPSA) is 53.3 Å². The second kappa shape index (κ2) is 16.5. The quantitative estimate of drug-likeness (QED) is 0.128. The second-order valence-electron chi connectivity index (χ2n) is 7.86. The van der Waals surface area contributed by atoms with Crippen molar-refractivity contribution >= 4 is 17.7 Å². The van der Waals surface area contributed by atoms with Crippen molar-refractivity contribution < 1.29 is 9.53 Å². The van der Waals surface area contributed by atoms with Crippen LogP contribution < -0.4 is 4.90 Å². The minimum Gasteiger partial charge on any atom is -0.462 e. The third-order valence-electron chi connectivity index (χ3n) is 5.20. The van der Waals surface area contributed by atoms with Crippen molar-refractivity contribution in [3.63, 3.8) is 0 Å². The Labute approximate surface area is 183 Å². The van der Waals surface area contributed by atoms with Crippen molar-refractivity contribution in [2.45, 2.75) is 85.0 Å². The molecule has 0 aliphatic heterocycles. The Morgan fingerprint density at radius 1 is 0.900 bits per heavy atom. The zero-order chi connectivity index (χ0) is 22.0. The first-order valence-corrected chi connectivity index (χ1v) is 11.8. The van der Waals surface area contributed by atoms with Gasteiger partial charge in [-0.15, -0.1) is 0 Å². The third kappa shape index (κ3) is 10.5. The smallest absolute Gasteiger partial charge is 0.348 e. The van der Waals surface area contributed by atoms with Gasteiger partial charge >= 0.3 is 5.97 Å². The fourth-order valence-corrected chi connectivity index (χ4v) is 3.30. The van der Waals surface area contributed by atoms with Crippen LogP contribution in [0.4, 0.5) is 5.69 Å². The van der Waals surface area contributed by atoms with E-state index in [2.05, 4.69) is 30.9 Å². The van der Waals surface area contributed by atoms with Gasteiger partial charge in [-0.1, -0.05) is 77.8 Å². The van der Waals surface area contributed by atoms with Crippen molar-refractivity contribution in [1.29, 1.82) is 5.26 Å². The van der Waals surface area contributed by atoms with Crippen molar-refractivity contribution in [2.75, 3.05) is 24.6 Å². The molecular formula is C26H40N2O2. The lowest BCUT2D eigenvalue weighted by atomic mass is 10.1. The average molecular weight is 413 g/mol. The lowest BCUT2D eigenvalue weighted by Crippen LogP contribution is -2.25. The summed E-state index contributed by atoms with van der Waals surface area (Å²) in [5.74, 6) is -0.538. The number of benzene rings is 1. The van der Waals surface area contributed by atoms with E-state index in [1.165, 1.54) is 57.1 Å². The van der Waals surface area contributed by atoms with Crippen LogP contribution in [0.15, 0.2) is 29.8 Å². The Morgan fingerprint density at radius 3 is 1.97 bits per heavy atom. The summed E-state index contributed by atoms with van der Waals surface area (Å²) in [4.78, 5) is 14.5. The molecule has 0 N–H and O–H groups in total. The second-order valence-corrected chi connectivity index (χ2v) is 7.86. The van der Waals surface area contributed by atoms with E-state index in [1.807, 2.05) is 25.1 Å². The summed E-state index contributed by atoms with van der Waals surface area (Å²) in [5, 5.41) is 9.31. The molecule has 4 heteroatoms. The molecule has 1 aromatic rings. The molecule has 1 aromatic carbocycles. The molecule has 0 aromatic heterocycles. The van der Waals surface area contributed by atoms with Crippen molar-refractivity contribution in [3.8, 4) is 6.07 Å². The molecule has 0 heterocycles. The lowest BCUT2D eigenvalue weighted by Gasteiger charge is -2.25. The standard InChI is InChI=1S/C26H40N2O2/c1-4-7-10-12-18-28(19-13-11-8-5-2)25-16-14-23(15-17-25)21-24(22-27)26(29)30-20-9-6-3/h14-17,21H,4-13,18-20H2,1-3H3. The highest BCUT2D eigenvalue weighted by Gasteiger charge is 2.11. The molecule has 0 bridgehead atoms. The molecule has 166 valence electrons. The minimum atomic E-state index is -0.538. The molecule has 0 fully saturated rings. The normalized spacial score (nSPS) is 11.2. The molecule has 0 aliphatic carbocycles. The number of esters is 1. The highest BCUT2D eigenvalue weighted by Crippen LogP contribution is 2.19. The van der Waals surface area contributed by atoms with Crippen molar-refractivity contribution in [2.24, 2.45) is 0 Å². The van der Waals surface area contributed by atoms with Crippen LogP contribution >= 0.6 is 0 Å². The molecule has 0 saturated heterocycles. The molecule has 30 heavy (non-hydrogen) atoms. The van der Waals surface area contributed by atoms with Gasteiger partial charge in [0.25, 0.3) is 0 Å². The highest BCUT2D eigenvalue weighted by atomic mass is 16.5. The fraction of sp³-hybridized carbons (Fsp3) is 0.615. The number of hydrogen-bond acceptors (Lipinski definition) is 4. The molecule has 0 aliphatic rings. The molecule has 0 spiro atoms. The number of anilines is 1. The Hall–Kier alpha value is -2.28. The maximum absolute atomic E-state index is 12.1. The van der Waals surface area contributed by atoms with E-state index in [9.17, 15) is 10.1 Å². The van der Waals surface area contributed by atoms with E-state index >= 15 is 0 Å². The van der Waals surface area contributed by atoms with Gasteiger partial charge in [0.2, 0.25) is 0 Å². The Morgan fingerprint density at radius 2 is 1.47 bits per heavy atom. The number of carbonyl (C=O) groups is 1. The van der Waals surface area contributed by atoms with Crippen LogP contribution in [0.25, 0.3) is 6.08 Å². The highest BCUT2D eigenvalue weighted by molar-refractivity contribution is 5.97. The number of hydrogen-bond donors (Lipinski definition) is 0. The van der Waals surface area contributed by atoms with Crippen LogP contribution in [-0.4, -0.2) is 25.7 Å². The Kier molecular flexibility index (Phi) is 14.2. The number of nitrogens with zero attached hydrogens (tertiary/aromatic N) is 2. The minimum absolute atomic E-state index is 0.0508. The van der Waals surface area contributed by atoms with Gasteiger partial charge in [0, 0.05) is 18.8 Å². The van der Waals surface area contributed by atoms with Gasteiger partial charge in [0.1, 0.15) is 11.6 Å². The molecule has 0 radical (unpaired) electrons. The van der Waals surface area contributed by atoms with E-state index in [4.69, 9.17) is 4.74 Å². The first kappa shape index (κ1) is 25.8. The molecule has 0 amide bonds. The molecule has 1 rings (SSSR count). The first-order valence-electron chi connectivity index (χ1n) is 11.8. The van der Waals surface area contributed by atoms with Crippen LogP contribution in [0.5, 0.6) is 0 Å². The van der Waals surface area contributed by atoms with E-state index in [1.54, 1.807) is 6.08 Å². The van der Waals surface area contributed by atoms with Gasteiger partial charge in [-0.3, -0.25) is 0 Å². The molecule has 0 atom stereocenters. The number of nitriles is 1. The van der Waals surface area contributed by atoms with Gasteiger partial charge in [-0.25, -0.2) is 4.79 Å². The number of unbranched alkanes of at least 4 members (excludes halogenated alkanes) is 7. The van der Waals surface area contributed by atoms with E-state index in [0.29, 0.717) is 6.61 Å². The zero-order valence-corrected chi connectivity index (χ0v) is 19.3. The van der Waals surface area contributed by atoms with Gasteiger partial charge in [-0.2, -0.15) is 5.26 Å². The largest absolute Gasteiger partial charge is 0.462 e. The Bertz CT molecular complexity index is 647. The predicted octanol–water partition coefficient (Wildman–Crippen LogP) is 6.90. The van der Waals surface area contributed by atoms with E-state index in [-0.39, 0.29) is 5.57 Å². The predicted molar refractivity (Wildman–Crippen MR) is 126 cm³/mol. The first-order chi connectivity index (χ1) is 14.7. The van der Waals surface area contributed by atoms with Crippen LogP contribution in [0, 0.1) is 11.3 Å². The summed E-state index contributed by atoms with van der Waals surface area (Å²) in [7, 11) is 0. The van der Waals surface area contributed by atoms with Crippen LogP contribution in [0.2, 0.25) is 0 Å². The van der Waals surface area contributed by atoms with Crippen molar-refractivity contribution in [3.05, 3.63) is 35.4 Å². The third-order valence-corrected chi connectivity index (χ3v) is 5.20. The molecule has 4 nitrogen and oxygen atoms in total. The van der Waals surface area contributed by atoms with Gasteiger partial charge in [0.15, 0.2) is 0 Å². The summed E-state index contributed by atoms with van der Waals surface area (Å²) in [5.41, 5.74) is 2.11. The molecular weight excluding hydrogens is 372 g/mol. The van der Waals surface area contributed by atoms with Crippen LogP contribution in [0.3, 0.4) is 0 Å². The lowest BCUT2D eigenvalue weighted by molar-refractivity contribution is -0.138. The molecule has 0 saturated carbocycles. The fourth-order valence-electron chi connectivity index (χ4n) is 3.30. The number of ether oxygens (including phenoxy) is 1. The maximum atomic E-state index is 12.1. The van der Waals surface area contributed by atoms with Crippen LogP contribution in [-0.2, 0) is 9.53 Å². The molecule has 0 unspecified atom stereocenters. The summed E-state index contributed by atoms with van der Waals surface area (Å²) in [6.07, 6.45) is 13.4. The maximum Gasteiger partial charge on any atom is 0.348 e. The van der Waals surface area contributed by atoms with Gasteiger partial charge < -0.3 is 9.64 Å². The van der Waals surface area contributed by atoms with Crippen LogP contribution in [0.1, 0.15) is 90.5 Å². The SMILES string of the molecule is CCCCCCN(CCCCCC)c1ccc(C=C(C#N)C(=O)OCCCC)cc1. The van der Waals surface area contributed by atoms with E-state index < -0.39 is 5.97 Å². The number of carbonyl (C=O) groups excluding carboxylic acids is 1. The summed E-state index contributed by atoms with van der Waals surface area (Å²) < 4.78 is 5.16. The van der Waals surface area contributed by atoms with Gasteiger partial charge in [0.05, 0.1) is 6.61 Å². The zero-order valence-electron chi connectivity index (χ0n) is 19.3. The summed E-state index contributed by atoms with van der Waals surface area (Å²) >= 11 is 0. The van der Waals surface area contributed by atoms with Crippen molar-refractivity contribution in [1.82, 2.24) is 0 Å². The average Bonchev–Trinajstić information content (AvgIpc) is 2.77. The monoisotopic (exact) mass is 412 g/mol.